The van der Waals surface area contributed by atoms with Crippen molar-refractivity contribution in [3.63, 3.8) is 0 Å². The van der Waals surface area contributed by atoms with Gasteiger partial charge in [0.25, 0.3) is 0 Å². The van der Waals surface area contributed by atoms with Gasteiger partial charge in [-0.2, -0.15) is 0 Å². The van der Waals surface area contributed by atoms with Gasteiger partial charge in [0, 0.05) is 18.4 Å². The first kappa shape index (κ1) is 19.4. The van der Waals surface area contributed by atoms with Gasteiger partial charge in [-0.15, -0.1) is 0 Å². The molecule has 140 valence electrons. The van der Waals surface area contributed by atoms with Crippen molar-refractivity contribution in [2.45, 2.75) is 12.3 Å². The molecule has 1 heteroatoms. The van der Waals surface area contributed by atoms with E-state index in [0.717, 1.165) is 17.0 Å². The van der Waals surface area contributed by atoms with Gasteiger partial charge < -0.3 is 4.90 Å². The third-order valence-corrected chi connectivity index (χ3v) is 5.45. The quantitative estimate of drug-likeness (QED) is 0.580. The fourth-order valence-corrected chi connectivity index (χ4v) is 4.37. The standard InChI is InChI=1S/C27H27N/c1-6-16-24-26(9-4)28(5)25(8-3)23(7-2)27(24,21-17-12-10-13-18-21)22-19-14-11-15-20-22/h6-20H,1-3H2,4-5H3/b24-16+,26-9+. The number of hydrogen-bond donors (Lipinski definition) is 0. The fourth-order valence-electron chi connectivity index (χ4n) is 4.37. The lowest BCUT2D eigenvalue weighted by atomic mass is 9.61. The highest BCUT2D eigenvalue weighted by Gasteiger charge is 2.46. The van der Waals surface area contributed by atoms with E-state index in [1.807, 2.05) is 18.2 Å². The second kappa shape index (κ2) is 8.14. The Morgan fingerprint density at radius 1 is 0.821 bits per heavy atom. The van der Waals surface area contributed by atoms with Gasteiger partial charge in [-0.3, -0.25) is 0 Å². The smallest absolute Gasteiger partial charge is 0.0741 e. The Labute approximate surface area is 169 Å². The zero-order valence-electron chi connectivity index (χ0n) is 16.7. The van der Waals surface area contributed by atoms with Gasteiger partial charge in [-0.1, -0.05) is 105 Å². The molecule has 0 N–H and O–H groups in total. The van der Waals surface area contributed by atoms with E-state index >= 15 is 0 Å². The first-order valence-electron chi connectivity index (χ1n) is 9.51. The Morgan fingerprint density at radius 3 is 1.75 bits per heavy atom. The second-order valence-corrected chi connectivity index (χ2v) is 6.74. The van der Waals surface area contributed by atoms with Gasteiger partial charge in [0.15, 0.2) is 0 Å². The van der Waals surface area contributed by atoms with Gasteiger partial charge in [0.05, 0.1) is 5.41 Å². The van der Waals surface area contributed by atoms with Gasteiger partial charge in [0.1, 0.15) is 0 Å². The van der Waals surface area contributed by atoms with Crippen molar-refractivity contribution in [3.05, 3.63) is 144 Å². The van der Waals surface area contributed by atoms with E-state index in [-0.39, 0.29) is 0 Å². The van der Waals surface area contributed by atoms with Crippen molar-refractivity contribution in [2.75, 3.05) is 7.05 Å². The van der Waals surface area contributed by atoms with Crippen molar-refractivity contribution >= 4 is 0 Å². The molecule has 28 heavy (non-hydrogen) atoms. The van der Waals surface area contributed by atoms with Crippen LogP contribution >= 0.6 is 0 Å². The molecule has 0 radical (unpaired) electrons. The molecule has 1 aliphatic rings. The van der Waals surface area contributed by atoms with Crippen LogP contribution in [0.1, 0.15) is 18.1 Å². The predicted molar refractivity (Wildman–Crippen MR) is 121 cm³/mol. The fraction of sp³-hybridized carbons (Fsp3) is 0.111. The summed E-state index contributed by atoms with van der Waals surface area (Å²) < 4.78 is 0. The molecule has 3 rings (SSSR count). The summed E-state index contributed by atoms with van der Waals surface area (Å²) >= 11 is 0. The SMILES string of the molecule is C=C/C=C1\C(=C/C)N(C)C(C=C)=C(C=C)C1(c1ccccc1)c1ccccc1. The molecule has 0 saturated heterocycles. The van der Waals surface area contributed by atoms with Crippen LogP contribution in [0.5, 0.6) is 0 Å². The molecule has 0 aliphatic carbocycles. The lowest BCUT2D eigenvalue weighted by Crippen LogP contribution is -2.42. The van der Waals surface area contributed by atoms with Crippen LogP contribution in [0, 0.1) is 0 Å². The molecule has 0 spiro atoms. The maximum Gasteiger partial charge on any atom is 0.0741 e. The van der Waals surface area contributed by atoms with Gasteiger partial charge in [0.2, 0.25) is 0 Å². The Morgan fingerprint density at radius 2 is 1.36 bits per heavy atom. The maximum absolute atomic E-state index is 4.20. The van der Waals surface area contributed by atoms with E-state index in [4.69, 9.17) is 0 Å². The minimum absolute atomic E-state index is 0.504. The third-order valence-electron chi connectivity index (χ3n) is 5.45. The monoisotopic (exact) mass is 365 g/mol. The zero-order chi connectivity index (χ0) is 20.1. The van der Waals surface area contributed by atoms with Crippen LogP contribution in [-0.2, 0) is 5.41 Å². The van der Waals surface area contributed by atoms with Crippen molar-refractivity contribution < 1.29 is 0 Å². The molecule has 0 fully saturated rings. The van der Waals surface area contributed by atoms with Crippen LogP contribution in [0.15, 0.2) is 133 Å². The number of rotatable bonds is 5. The van der Waals surface area contributed by atoms with Crippen LogP contribution in [-0.4, -0.2) is 11.9 Å². The largest absolute Gasteiger partial charge is 0.344 e. The van der Waals surface area contributed by atoms with Gasteiger partial charge >= 0.3 is 0 Å². The zero-order valence-corrected chi connectivity index (χ0v) is 16.7. The number of likely N-dealkylation sites (N-methyl/N-ethyl adjacent to an activating group) is 1. The van der Waals surface area contributed by atoms with E-state index in [9.17, 15) is 0 Å². The summed E-state index contributed by atoms with van der Waals surface area (Å²) in [7, 11) is 2.08. The predicted octanol–water partition coefficient (Wildman–Crippen LogP) is 6.56. The topological polar surface area (TPSA) is 3.24 Å². The average Bonchev–Trinajstić information content (AvgIpc) is 2.75. The number of allylic oxidation sites excluding steroid dienone is 7. The molecule has 0 bridgehead atoms. The lowest BCUT2D eigenvalue weighted by molar-refractivity contribution is 0.479. The van der Waals surface area contributed by atoms with E-state index in [0.29, 0.717) is 0 Å². The molecule has 2 aromatic rings. The molecular formula is C27H27N. The van der Waals surface area contributed by atoms with Crippen LogP contribution < -0.4 is 0 Å². The molecule has 1 heterocycles. The number of benzene rings is 2. The minimum atomic E-state index is -0.504. The Balaban J connectivity index is 2.61. The molecule has 0 amide bonds. The molecule has 1 aliphatic heterocycles. The van der Waals surface area contributed by atoms with Crippen LogP contribution in [0.4, 0.5) is 0 Å². The normalized spacial score (nSPS) is 19.0. The van der Waals surface area contributed by atoms with Crippen molar-refractivity contribution in [2.24, 2.45) is 0 Å². The molecule has 1 nitrogen and oxygen atoms in total. The third kappa shape index (κ3) is 2.80. The summed E-state index contributed by atoms with van der Waals surface area (Å²) in [5.41, 5.74) is 6.35. The van der Waals surface area contributed by atoms with Crippen molar-refractivity contribution in [1.82, 2.24) is 4.90 Å². The number of nitrogens with zero attached hydrogens (tertiary/aromatic N) is 1. The van der Waals surface area contributed by atoms with E-state index in [2.05, 4.69) is 111 Å². The van der Waals surface area contributed by atoms with E-state index in [1.54, 1.807) is 0 Å². The highest BCUT2D eigenvalue weighted by Crippen LogP contribution is 2.53. The second-order valence-electron chi connectivity index (χ2n) is 6.74. The van der Waals surface area contributed by atoms with Crippen molar-refractivity contribution in [1.29, 1.82) is 0 Å². The molecule has 2 aromatic carbocycles. The van der Waals surface area contributed by atoms with Crippen LogP contribution in [0.2, 0.25) is 0 Å². The number of hydrogen-bond acceptors (Lipinski definition) is 1. The van der Waals surface area contributed by atoms with Gasteiger partial charge in [-0.05, 0) is 35.3 Å². The maximum atomic E-state index is 4.20. The molecule has 0 atom stereocenters. The average molecular weight is 366 g/mol. The van der Waals surface area contributed by atoms with Crippen LogP contribution in [0.25, 0.3) is 0 Å². The van der Waals surface area contributed by atoms with Crippen molar-refractivity contribution in [3.8, 4) is 0 Å². The Kier molecular flexibility index (Phi) is 5.65. The summed E-state index contributed by atoms with van der Waals surface area (Å²) in [4.78, 5) is 2.18. The molecule has 0 unspecified atom stereocenters. The Bertz CT molecular complexity index is 932. The first-order chi connectivity index (χ1) is 13.7. The van der Waals surface area contributed by atoms with E-state index < -0.39 is 5.41 Å². The first-order valence-corrected chi connectivity index (χ1v) is 9.51. The molecule has 0 saturated carbocycles. The molecular weight excluding hydrogens is 338 g/mol. The minimum Gasteiger partial charge on any atom is -0.344 e. The lowest BCUT2D eigenvalue weighted by Gasteiger charge is -2.47. The summed E-state index contributed by atoms with van der Waals surface area (Å²) in [6.07, 6.45) is 10.0. The van der Waals surface area contributed by atoms with E-state index in [1.165, 1.54) is 16.7 Å². The Hall–Kier alpha value is -3.32. The summed E-state index contributed by atoms with van der Waals surface area (Å²) in [6.45, 7) is 14.4. The molecule has 0 aromatic heterocycles. The summed E-state index contributed by atoms with van der Waals surface area (Å²) in [6, 6.07) is 21.2. The highest BCUT2D eigenvalue weighted by atomic mass is 15.1. The van der Waals surface area contributed by atoms with Gasteiger partial charge in [-0.25, -0.2) is 0 Å². The summed E-state index contributed by atoms with van der Waals surface area (Å²) in [5.74, 6) is 0. The highest BCUT2D eigenvalue weighted by molar-refractivity contribution is 5.69. The van der Waals surface area contributed by atoms with Crippen LogP contribution in [0.3, 0.4) is 0 Å². The summed E-state index contributed by atoms with van der Waals surface area (Å²) in [5, 5.41) is 0.